The highest BCUT2D eigenvalue weighted by Crippen LogP contribution is 2.35. The van der Waals surface area contributed by atoms with Crippen LogP contribution in [0.2, 0.25) is 8.67 Å². The molecule has 0 aliphatic heterocycles. The Balaban J connectivity index is 2.11. The fraction of sp³-hybridized carbons (Fsp3) is 0.364. The van der Waals surface area contributed by atoms with Crippen molar-refractivity contribution in [2.24, 2.45) is 5.73 Å². The standard InChI is InChI=1S/C11H13Cl2N3S/c1-2-16-6-7(5-15-16)3-9(14)8-4-10(12)17-11(8)13/h4-6,9H,2-3,14H2,1H3. The molecule has 0 aliphatic carbocycles. The molecule has 6 heteroatoms. The monoisotopic (exact) mass is 289 g/mol. The van der Waals surface area contributed by atoms with Gasteiger partial charge in [0.25, 0.3) is 0 Å². The van der Waals surface area contributed by atoms with Gasteiger partial charge in [0.1, 0.15) is 0 Å². The molecule has 0 fully saturated rings. The van der Waals surface area contributed by atoms with Gasteiger partial charge in [-0.1, -0.05) is 23.2 Å². The second-order valence-corrected chi connectivity index (χ2v) is 6.08. The maximum Gasteiger partial charge on any atom is 0.0992 e. The first-order valence-corrected chi connectivity index (χ1v) is 6.89. The van der Waals surface area contributed by atoms with Crippen molar-refractivity contribution >= 4 is 34.5 Å². The first-order valence-electron chi connectivity index (χ1n) is 5.31. The van der Waals surface area contributed by atoms with Gasteiger partial charge >= 0.3 is 0 Å². The van der Waals surface area contributed by atoms with E-state index in [-0.39, 0.29) is 6.04 Å². The number of nitrogens with two attached hydrogens (primary N) is 1. The Morgan fingerprint density at radius 1 is 1.53 bits per heavy atom. The summed E-state index contributed by atoms with van der Waals surface area (Å²) in [6, 6.07) is 1.70. The Morgan fingerprint density at radius 2 is 2.29 bits per heavy atom. The number of hydrogen-bond donors (Lipinski definition) is 1. The predicted octanol–water partition coefficient (Wildman–Crippen LogP) is 3.51. The highest BCUT2D eigenvalue weighted by Gasteiger charge is 2.15. The van der Waals surface area contributed by atoms with E-state index in [1.165, 1.54) is 11.3 Å². The van der Waals surface area contributed by atoms with E-state index < -0.39 is 0 Å². The van der Waals surface area contributed by atoms with Crippen LogP contribution in [0.1, 0.15) is 24.1 Å². The van der Waals surface area contributed by atoms with E-state index in [2.05, 4.69) is 5.10 Å². The molecule has 0 aromatic carbocycles. The van der Waals surface area contributed by atoms with Crippen molar-refractivity contribution in [2.75, 3.05) is 0 Å². The first-order chi connectivity index (χ1) is 8.10. The minimum atomic E-state index is -0.138. The molecule has 2 N–H and O–H groups in total. The van der Waals surface area contributed by atoms with Crippen LogP contribution in [0.5, 0.6) is 0 Å². The lowest BCUT2D eigenvalue weighted by atomic mass is 10.1. The van der Waals surface area contributed by atoms with Crippen LogP contribution in [0.25, 0.3) is 0 Å². The molecule has 92 valence electrons. The van der Waals surface area contributed by atoms with Crippen LogP contribution in [0, 0.1) is 0 Å². The SMILES string of the molecule is CCn1cc(CC(N)c2cc(Cl)sc2Cl)cn1. The largest absolute Gasteiger partial charge is 0.324 e. The van der Waals surface area contributed by atoms with Crippen LogP contribution < -0.4 is 5.73 Å². The summed E-state index contributed by atoms with van der Waals surface area (Å²) in [5.41, 5.74) is 8.14. The number of thiophene rings is 1. The molecule has 3 nitrogen and oxygen atoms in total. The smallest absolute Gasteiger partial charge is 0.0992 e. The highest BCUT2D eigenvalue weighted by molar-refractivity contribution is 7.20. The fourth-order valence-electron chi connectivity index (χ4n) is 1.65. The molecule has 2 aromatic heterocycles. The second-order valence-electron chi connectivity index (χ2n) is 3.79. The quantitative estimate of drug-likeness (QED) is 0.936. The summed E-state index contributed by atoms with van der Waals surface area (Å²) in [6.07, 6.45) is 4.56. The van der Waals surface area contributed by atoms with E-state index in [1.54, 1.807) is 0 Å². The molecule has 1 atom stereocenters. The Morgan fingerprint density at radius 3 is 2.82 bits per heavy atom. The van der Waals surface area contributed by atoms with E-state index in [4.69, 9.17) is 28.9 Å². The van der Waals surface area contributed by atoms with Gasteiger partial charge in [0.2, 0.25) is 0 Å². The average molecular weight is 290 g/mol. The summed E-state index contributed by atoms with van der Waals surface area (Å²) in [4.78, 5) is 0. The summed E-state index contributed by atoms with van der Waals surface area (Å²) in [7, 11) is 0. The van der Waals surface area contributed by atoms with Crippen molar-refractivity contribution in [3.05, 3.63) is 38.3 Å². The number of aromatic nitrogens is 2. The summed E-state index contributed by atoms with van der Waals surface area (Å²) in [6.45, 7) is 2.91. The molecule has 1 unspecified atom stereocenters. The molecular weight excluding hydrogens is 277 g/mol. The highest BCUT2D eigenvalue weighted by atomic mass is 35.5. The van der Waals surface area contributed by atoms with Crippen LogP contribution >= 0.6 is 34.5 Å². The molecule has 2 rings (SSSR count). The van der Waals surface area contributed by atoms with Gasteiger partial charge in [-0.15, -0.1) is 11.3 Å². The zero-order chi connectivity index (χ0) is 12.4. The van der Waals surface area contributed by atoms with Crippen molar-refractivity contribution in [1.82, 2.24) is 9.78 Å². The molecule has 0 saturated carbocycles. The lowest BCUT2D eigenvalue weighted by Crippen LogP contribution is -2.12. The number of halogens is 2. The molecule has 0 amide bonds. The van der Waals surface area contributed by atoms with Crippen molar-refractivity contribution in [2.45, 2.75) is 25.9 Å². The van der Waals surface area contributed by atoms with Crippen LogP contribution in [0.4, 0.5) is 0 Å². The van der Waals surface area contributed by atoms with Gasteiger partial charge in [-0.2, -0.15) is 5.10 Å². The van der Waals surface area contributed by atoms with Gasteiger partial charge in [0, 0.05) is 24.3 Å². The molecule has 17 heavy (non-hydrogen) atoms. The minimum absolute atomic E-state index is 0.138. The third-order valence-electron chi connectivity index (χ3n) is 2.55. The van der Waals surface area contributed by atoms with Crippen LogP contribution in [0.3, 0.4) is 0 Å². The van der Waals surface area contributed by atoms with E-state index >= 15 is 0 Å². The number of hydrogen-bond acceptors (Lipinski definition) is 3. The number of nitrogens with zero attached hydrogens (tertiary/aromatic N) is 2. The topological polar surface area (TPSA) is 43.8 Å². The van der Waals surface area contributed by atoms with Gasteiger partial charge in [0.05, 0.1) is 14.9 Å². The van der Waals surface area contributed by atoms with Crippen molar-refractivity contribution in [3.63, 3.8) is 0 Å². The lowest BCUT2D eigenvalue weighted by Gasteiger charge is -2.08. The van der Waals surface area contributed by atoms with Gasteiger partial charge in [-0.25, -0.2) is 0 Å². The summed E-state index contributed by atoms with van der Waals surface area (Å²) in [5, 5.41) is 4.21. The van der Waals surface area contributed by atoms with E-state index in [0.29, 0.717) is 15.1 Å². The van der Waals surface area contributed by atoms with Crippen LogP contribution in [-0.4, -0.2) is 9.78 Å². The molecule has 0 spiro atoms. The first kappa shape index (κ1) is 12.9. The predicted molar refractivity (Wildman–Crippen MR) is 72.9 cm³/mol. The number of aryl methyl sites for hydroxylation is 1. The molecular formula is C11H13Cl2N3S. The summed E-state index contributed by atoms with van der Waals surface area (Å²) in [5.74, 6) is 0. The zero-order valence-corrected chi connectivity index (χ0v) is 11.7. The third kappa shape index (κ3) is 3.01. The maximum atomic E-state index is 6.12. The molecule has 0 aliphatic rings. The van der Waals surface area contributed by atoms with E-state index in [9.17, 15) is 0 Å². The van der Waals surface area contributed by atoms with Crippen LogP contribution in [-0.2, 0) is 13.0 Å². The van der Waals surface area contributed by atoms with Crippen molar-refractivity contribution < 1.29 is 0 Å². The fourth-order valence-corrected chi connectivity index (χ4v) is 3.25. The molecule has 0 bridgehead atoms. The summed E-state index contributed by atoms with van der Waals surface area (Å²) < 4.78 is 3.22. The van der Waals surface area contributed by atoms with Gasteiger partial charge in [0.15, 0.2) is 0 Å². The molecule has 0 radical (unpaired) electrons. The minimum Gasteiger partial charge on any atom is -0.324 e. The third-order valence-corrected chi connectivity index (χ3v) is 4.07. The van der Waals surface area contributed by atoms with Crippen LogP contribution in [0.15, 0.2) is 18.5 Å². The summed E-state index contributed by atoms with van der Waals surface area (Å²) >= 11 is 13.3. The van der Waals surface area contributed by atoms with Gasteiger partial charge in [-0.05, 0) is 25.0 Å². The zero-order valence-electron chi connectivity index (χ0n) is 9.36. The average Bonchev–Trinajstić information content (AvgIpc) is 2.85. The maximum absolute atomic E-state index is 6.12. The Kier molecular flexibility index (Phi) is 4.09. The Hall–Kier alpha value is -0.550. The Bertz CT molecular complexity index is 507. The molecule has 2 aromatic rings. The second kappa shape index (κ2) is 5.40. The number of rotatable bonds is 4. The van der Waals surface area contributed by atoms with Gasteiger partial charge < -0.3 is 5.73 Å². The van der Waals surface area contributed by atoms with E-state index in [0.717, 1.165) is 17.7 Å². The lowest BCUT2D eigenvalue weighted by molar-refractivity contribution is 0.657. The Labute approximate surface area is 114 Å². The molecule has 0 saturated heterocycles. The van der Waals surface area contributed by atoms with Crippen molar-refractivity contribution in [1.29, 1.82) is 0 Å². The normalized spacial score (nSPS) is 12.9. The van der Waals surface area contributed by atoms with Gasteiger partial charge in [-0.3, -0.25) is 4.68 Å². The van der Waals surface area contributed by atoms with E-state index in [1.807, 2.05) is 30.1 Å². The molecule has 2 heterocycles. The van der Waals surface area contributed by atoms with Crippen molar-refractivity contribution in [3.8, 4) is 0 Å².